The minimum Gasteiger partial charge on any atom is -0.435 e. The summed E-state index contributed by atoms with van der Waals surface area (Å²) in [5.74, 6) is 0.184. The van der Waals surface area contributed by atoms with E-state index in [1.807, 2.05) is 0 Å². The Morgan fingerprint density at radius 2 is 2.05 bits per heavy atom. The third kappa shape index (κ3) is 4.73. The second-order valence-electron chi connectivity index (χ2n) is 4.35. The van der Waals surface area contributed by atoms with Crippen LogP contribution in [0.3, 0.4) is 0 Å². The van der Waals surface area contributed by atoms with E-state index >= 15 is 0 Å². The third-order valence-corrected chi connectivity index (χ3v) is 3.37. The number of nitrogens with one attached hydrogen (secondary N) is 1. The standard InChI is InChI=1S/C13H15F2N3OS/c1-9(17-13-18-16-8-20-13)2-3-10-4-6-11(7-5-10)19-12(14)15/h4-9,12H,2-3H2,1H3,(H,17,18). The van der Waals surface area contributed by atoms with E-state index in [0.29, 0.717) is 0 Å². The number of ether oxygens (including phenoxy) is 1. The molecule has 0 spiro atoms. The summed E-state index contributed by atoms with van der Waals surface area (Å²) in [7, 11) is 0. The number of aromatic nitrogens is 2. The zero-order valence-electron chi connectivity index (χ0n) is 10.9. The number of hydrogen-bond donors (Lipinski definition) is 1. The van der Waals surface area contributed by atoms with Gasteiger partial charge in [0.25, 0.3) is 0 Å². The SMILES string of the molecule is CC(CCc1ccc(OC(F)F)cc1)Nc1nncs1. The van der Waals surface area contributed by atoms with Crippen molar-refractivity contribution in [2.75, 3.05) is 5.32 Å². The highest BCUT2D eigenvalue weighted by atomic mass is 32.1. The van der Waals surface area contributed by atoms with Crippen LogP contribution in [0.5, 0.6) is 5.75 Å². The van der Waals surface area contributed by atoms with E-state index in [1.165, 1.54) is 11.3 Å². The number of rotatable bonds is 7. The quantitative estimate of drug-likeness (QED) is 0.849. The van der Waals surface area contributed by atoms with Crippen LogP contribution in [0.2, 0.25) is 0 Å². The van der Waals surface area contributed by atoms with Gasteiger partial charge in [-0.1, -0.05) is 23.5 Å². The highest BCUT2D eigenvalue weighted by Crippen LogP contribution is 2.17. The van der Waals surface area contributed by atoms with E-state index in [4.69, 9.17) is 0 Å². The smallest absolute Gasteiger partial charge is 0.387 e. The molecule has 1 atom stereocenters. The first kappa shape index (κ1) is 14.6. The number of nitrogens with zero attached hydrogens (tertiary/aromatic N) is 2. The molecular weight excluding hydrogens is 284 g/mol. The molecule has 2 aromatic rings. The number of hydrogen-bond acceptors (Lipinski definition) is 5. The number of benzene rings is 1. The lowest BCUT2D eigenvalue weighted by atomic mass is 10.1. The van der Waals surface area contributed by atoms with Gasteiger partial charge in [-0.25, -0.2) is 0 Å². The highest BCUT2D eigenvalue weighted by molar-refractivity contribution is 7.13. The van der Waals surface area contributed by atoms with Crippen molar-refractivity contribution in [3.8, 4) is 5.75 Å². The maximum Gasteiger partial charge on any atom is 0.387 e. The normalized spacial score (nSPS) is 12.4. The highest BCUT2D eigenvalue weighted by Gasteiger charge is 2.06. The summed E-state index contributed by atoms with van der Waals surface area (Å²) in [6, 6.07) is 6.99. The predicted molar refractivity (Wildman–Crippen MR) is 74.4 cm³/mol. The Morgan fingerprint density at radius 3 is 2.65 bits per heavy atom. The van der Waals surface area contributed by atoms with Gasteiger partial charge in [0.1, 0.15) is 11.3 Å². The molecule has 0 aliphatic rings. The summed E-state index contributed by atoms with van der Waals surface area (Å²) in [6.07, 6.45) is 1.76. The first-order valence-electron chi connectivity index (χ1n) is 6.20. The minimum absolute atomic E-state index is 0.184. The summed E-state index contributed by atoms with van der Waals surface area (Å²) in [4.78, 5) is 0. The number of aryl methyl sites for hydroxylation is 1. The van der Waals surface area contributed by atoms with Crippen LogP contribution in [0.15, 0.2) is 29.8 Å². The fourth-order valence-corrected chi connectivity index (χ4v) is 2.30. The zero-order chi connectivity index (χ0) is 14.4. The van der Waals surface area contributed by atoms with Crippen molar-refractivity contribution >= 4 is 16.5 Å². The Morgan fingerprint density at radius 1 is 1.30 bits per heavy atom. The topological polar surface area (TPSA) is 47.0 Å². The van der Waals surface area contributed by atoms with Crippen LogP contribution in [0.4, 0.5) is 13.9 Å². The van der Waals surface area contributed by atoms with Crippen molar-refractivity contribution in [3.63, 3.8) is 0 Å². The lowest BCUT2D eigenvalue weighted by Gasteiger charge is -2.12. The van der Waals surface area contributed by atoms with Gasteiger partial charge in [0.2, 0.25) is 5.13 Å². The fourth-order valence-electron chi connectivity index (χ4n) is 1.74. The molecule has 0 amide bonds. The van der Waals surface area contributed by atoms with Crippen molar-refractivity contribution in [2.24, 2.45) is 0 Å². The van der Waals surface area contributed by atoms with Crippen LogP contribution >= 0.6 is 11.3 Å². The Labute approximate surface area is 119 Å². The molecule has 4 nitrogen and oxygen atoms in total. The first-order valence-corrected chi connectivity index (χ1v) is 7.08. The van der Waals surface area contributed by atoms with Crippen LogP contribution < -0.4 is 10.1 Å². The molecule has 108 valence electrons. The summed E-state index contributed by atoms with van der Waals surface area (Å²) >= 11 is 1.46. The maximum atomic E-state index is 12.0. The van der Waals surface area contributed by atoms with Crippen LogP contribution in [-0.2, 0) is 6.42 Å². The molecule has 1 aromatic carbocycles. The molecule has 7 heteroatoms. The number of alkyl halides is 2. The molecule has 0 aliphatic heterocycles. The molecule has 0 saturated heterocycles. The maximum absolute atomic E-state index is 12.0. The average molecular weight is 299 g/mol. The van der Waals surface area contributed by atoms with Crippen LogP contribution in [-0.4, -0.2) is 22.9 Å². The van der Waals surface area contributed by atoms with Gasteiger partial charge in [-0.2, -0.15) is 8.78 Å². The summed E-state index contributed by atoms with van der Waals surface area (Å²) in [5, 5.41) is 11.7. The van der Waals surface area contributed by atoms with E-state index in [0.717, 1.165) is 23.5 Å². The molecule has 0 saturated carbocycles. The van der Waals surface area contributed by atoms with Crippen molar-refractivity contribution in [3.05, 3.63) is 35.3 Å². The van der Waals surface area contributed by atoms with E-state index in [9.17, 15) is 8.78 Å². The largest absolute Gasteiger partial charge is 0.435 e. The van der Waals surface area contributed by atoms with E-state index in [2.05, 4.69) is 27.2 Å². The van der Waals surface area contributed by atoms with E-state index in [1.54, 1.807) is 29.8 Å². The van der Waals surface area contributed by atoms with Gasteiger partial charge in [0.15, 0.2) is 0 Å². The minimum atomic E-state index is -2.78. The molecule has 2 rings (SSSR count). The Bertz CT molecular complexity index is 505. The second kappa shape index (κ2) is 7.14. The van der Waals surface area contributed by atoms with Crippen LogP contribution in [0.1, 0.15) is 18.9 Å². The molecule has 0 aliphatic carbocycles. The Hall–Kier alpha value is -1.76. The van der Waals surface area contributed by atoms with Gasteiger partial charge in [-0.05, 0) is 37.5 Å². The fraction of sp³-hybridized carbons (Fsp3) is 0.385. The van der Waals surface area contributed by atoms with Gasteiger partial charge in [-0.15, -0.1) is 10.2 Å². The van der Waals surface area contributed by atoms with E-state index in [-0.39, 0.29) is 11.8 Å². The van der Waals surface area contributed by atoms with Gasteiger partial charge < -0.3 is 10.1 Å². The zero-order valence-corrected chi connectivity index (χ0v) is 11.7. The first-order chi connectivity index (χ1) is 9.63. The van der Waals surface area contributed by atoms with Crippen molar-refractivity contribution < 1.29 is 13.5 Å². The molecule has 1 N–H and O–H groups in total. The molecule has 0 bridgehead atoms. The summed E-state index contributed by atoms with van der Waals surface area (Å²) in [5.41, 5.74) is 2.76. The van der Waals surface area contributed by atoms with Gasteiger partial charge in [0.05, 0.1) is 0 Å². The van der Waals surface area contributed by atoms with Crippen molar-refractivity contribution in [1.29, 1.82) is 0 Å². The molecule has 1 unspecified atom stereocenters. The Balaban J connectivity index is 1.78. The lowest BCUT2D eigenvalue weighted by Crippen LogP contribution is -2.15. The third-order valence-electron chi connectivity index (χ3n) is 2.74. The van der Waals surface area contributed by atoms with Crippen molar-refractivity contribution in [2.45, 2.75) is 32.4 Å². The molecule has 1 aromatic heterocycles. The second-order valence-corrected chi connectivity index (χ2v) is 5.18. The monoisotopic (exact) mass is 299 g/mol. The summed E-state index contributed by atoms with van der Waals surface area (Å²) < 4.78 is 28.3. The Kier molecular flexibility index (Phi) is 5.23. The molecule has 0 radical (unpaired) electrons. The van der Waals surface area contributed by atoms with Crippen LogP contribution in [0, 0.1) is 0 Å². The molecule has 1 heterocycles. The predicted octanol–water partition coefficient (Wildman–Crippen LogP) is 3.57. The molecule has 20 heavy (non-hydrogen) atoms. The number of halogens is 2. The van der Waals surface area contributed by atoms with Gasteiger partial charge >= 0.3 is 6.61 Å². The number of anilines is 1. The summed E-state index contributed by atoms with van der Waals surface area (Å²) in [6.45, 7) is -0.715. The van der Waals surface area contributed by atoms with Gasteiger partial charge in [0, 0.05) is 6.04 Å². The average Bonchev–Trinajstić information content (AvgIpc) is 2.90. The van der Waals surface area contributed by atoms with E-state index < -0.39 is 6.61 Å². The molecule has 0 fully saturated rings. The van der Waals surface area contributed by atoms with Crippen LogP contribution in [0.25, 0.3) is 0 Å². The van der Waals surface area contributed by atoms with Crippen molar-refractivity contribution in [1.82, 2.24) is 10.2 Å². The molecular formula is C13H15F2N3OS. The lowest BCUT2D eigenvalue weighted by molar-refractivity contribution is -0.0498. The van der Waals surface area contributed by atoms with Gasteiger partial charge in [-0.3, -0.25) is 0 Å².